The zero-order valence-corrected chi connectivity index (χ0v) is 12.7. The van der Waals surface area contributed by atoms with Crippen LogP contribution in [0.1, 0.15) is 44.8 Å². The van der Waals surface area contributed by atoms with Crippen molar-refractivity contribution in [3.8, 4) is 0 Å². The lowest BCUT2D eigenvalue weighted by atomic mass is 9.73. The first-order chi connectivity index (χ1) is 8.61. The maximum absolute atomic E-state index is 5.78. The standard InChI is InChI=1S/C14H22BrN3/c1-9-6-10(2)8-11(7-9)13(18-16)14-12(15)4-3-5-17-14/h3-5,9-11,13,18H,6-8,16H2,1-2H3. The van der Waals surface area contributed by atoms with Crippen molar-refractivity contribution in [2.75, 3.05) is 0 Å². The van der Waals surface area contributed by atoms with E-state index in [1.807, 2.05) is 18.3 Å². The van der Waals surface area contributed by atoms with Gasteiger partial charge in [0.25, 0.3) is 0 Å². The van der Waals surface area contributed by atoms with Crippen molar-refractivity contribution in [1.29, 1.82) is 0 Å². The van der Waals surface area contributed by atoms with Gasteiger partial charge in [-0.1, -0.05) is 13.8 Å². The van der Waals surface area contributed by atoms with Crippen molar-refractivity contribution in [3.63, 3.8) is 0 Å². The number of pyridine rings is 1. The third kappa shape index (κ3) is 3.11. The van der Waals surface area contributed by atoms with Gasteiger partial charge in [-0.2, -0.15) is 0 Å². The van der Waals surface area contributed by atoms with Gasteiger partial charge in [-0.25, -0.2) is 0 Å². The van der Waals surface area contributed by atoms with Crippen molar-refractivity contribution in [1.82, 2.24) is 10.4 Å². The maximum Gasteiger partial charge on any atom is 0.0731 e. The third-order valence-electron chi connectivity index (χ3n) is 3.95. The summed E-state index contributed by atoms with van der Waals surface area (Å²) < 4.78 is 1.04. The van der Waals surface area contributed by atoms with Crippen LogP contribution < -0.4 is 11.3 Å². The molecule has 1 aromatic rings. The molecule has 3 nitrogen and oxygen atoms in total. The predicted molar refractivity (Wildman–Crippen MR) is 77.7 cm³/mol. The number of hydrogen-bond acceptors (Lipinski definition) is 3. The Labute approximate surface area is 118 Å². The molecule has 2 rings (SSSR count). The summed E-state index contributed by atoms with van der Waals surface area (Å²) in [6, 6.07) is 4.11. The van der Waals surface area contributed by atoms with Gasteiger partial charge >= 0.3 is 0 Å². The van der Waals surface area contributed by atoms with Gasteiger partial charge in [-0.05, 0) is 65.1 Å². The molecule has 1 aliphatic rings. The quantitative estimate of drug-likeness (QED) is 0.664. The molecule has 1 aliphatic carbocycles. The number of nitrogens with one attached hydrogen (secondary N) is 1. The lowest BCUT2D eigenvalue weighted by Gasteiger charge is -2.36. The Morgan fingerprint density at radius 1 is 1.33 bits per heavy atom. The first-order valence-electron chi connectivity index (χ1n) is 6.68. The molecule has 3 N–H and O–H groups in total. The molecular formula is C14H22BrN3. The summed E-state index contributed by atoms with van der Waals surface area (Å²) in [6.45, 7) is 4.67. The molecule has 0 bridgehead atoms. The Bertz CT molecular complexity index is 386. The van der Waals surface area contributed by atoms with Gasteiger partial charge in [0.05, 0.1) is 11.7 Å². The second-order valence-electron chi connectivity index (χ2n) is 5.69. The Kier molecular flexibility index (Phi) is 4.76. The molecule has 3 unspecified atom stereocenters. The van der Waals surface area contributed by atoms with Crippen LogP contribution in [0.5, 0.6) is 0 Å². The number of rotatable bonds is 3. The van der Waals surface area contributed by atoms with Gasteiger partial charge in [0, 0.05) is 10.7 Å². The van der Waals surface area contributed by atoms with E-state index in [1.54, 1.807) is 0 Å². The summed E-state index contributed by atoms with van der Waals surface area (Å²) in [5, 5.41) is 0. The minimum atomic E-state index is 0.144. The normalized spacial score (nSPS) is 30.1. The number of hydrazine groups is 1. The van der Waals surface area contributed by atoms with E-state index in [-0.39, 0.29) is 6.04 Å². The van der Waals surface area contributed by atoms with E-state index in [9.17, 15) is 0 Å². The average Bonchev–Trinajstić information content (AvgIpc) is 2.31. The molecule has 1 aromatic heterocycles. The van der Waals surface area contributed by atoms with Crippen LogP contribution in [0.3, 0.4) is 0 Å². The molecule has 0 saturated heterocycles. The molecule has 100 valence electrons. The van der Waals surface area contributed by atoms with E-state index in [4.69, 9.17) is 5.84 Å². The average molecular weight is 312 g/mol. The number of nitrogens with zero attached hydrogens (tertiary/aromatic N) is 1. The van der Waals surface area contributed by atoms with Crippen LogP contribution in [0, 0.1) is 17.8 Å². The monoisotopic (exact) mass is 311 g/mol. The van der Waals surface area contributed by atoms with Crippen molar-refractivity contribution in [2.24, 2.45) is 23.6 Å². The van der Waals surface area contributed by atoms with Gasteiger partial charge in [0.15, 0.2) is 0 Å². The summed E-state index contributed by atoms with van der Waals surface area (Å²) in [5.74, 6) is 7.90. The van der Waals surface area contributed by atoms with Crippen LogP contribution in [0.2, 0.25) is 0 Å². The van der Waals surface area contributed by atoms with Gasteiger partial charge in [0.1, 0.15) is 0 Å². The Hall–Kier alpha value is -0.450. The summed E-state index contributed by atoms with van der Waals surface area (Å²) in [4.78, 5) is 4.49. The van der Waals surface area contributed by atoms with Crippen LogP contribution in [-0.2, 0) is 0 Å². The minimum absolute atomic E-state index is 0.144. The largest absolute Gasteiger partial charge is 0.271 e. The molecule has 3 atom stereocenters. The van der Waals surface area contributed by atoms with E-state index in [1.165, 1.54) is 19.3 Å². The molecule has 0 aromatic carbocycles. The predicted octanol–water partition coefficient (Wildman–Crippen LogP) is 3.42. The first-order valence-corrected chi connectivity index (χ1v) is 7.47. The van der Waals surface area contributed by atoms with E-state index in [0.29, 0.717) is 5.92 Å². The SMILES string of the molecule is CC1CC(C)CC(C(NN)c2ncccc2Br)C1. The lowest BCUT2D eigenvalue weighted by molar-refractivity contribution is 0.174. The fourth-order valence-corrected chi connectivity index (χ4v) is 3.85. The van der Waals surface area contributed by atoms with Crippen molar-refractivity contribution >= 4 is 15.9 Å². The summed E-state index contributed by atoms with van der Waals surface area (Å²) in [7, 11) is 0. The molecule has 18 heavy (non-hydrogen) atoms. The van der Waals surface area contributed by atoms with Gasteiger partial charge in [0.2, 0.25) is 0 Å². The summed E-state index contributed by atoms with van der Waals surface area (Å²) in [6.07, 6.45) is 5.61. The highest BCUT2D eigenvalue weighted by Gasteiger charge is 2.31. The van der Waals surface area contributed by atoms with Crippen LogP contribution in [0.15, 0.2) is 22.8 Å². The smallest absolute Gasteiger partial charge is 0.0731 e. The van der Waals surface area contributed by atoms with E-state index in [2.05, 4.69) is 40.2 Å². The summed E-state index contributed by atoms with van der Waals surface area (Å²) >= 11 is 3.58. The number of nitrogens with two attached hydrogens (primary N) is 1. The van der Waals surface area contributed by atoms with Crippen LogP contribution in [0.25, 0.3) is 0 Å². The van der Waals surface area contributed by atoms with Gasteiger partial charge in [-0.3, -0.25) is 16.3 Å². The van der Waals surface area contributed by atoms with Crippen LogP contribution in [-0.4, -0.2) is 4.98 Å². The molecule has 1 saturated carbocycles. The molecule has 0 spiro atoms. The van der Waals surface area contributed by atoms with Crippen LogP contribution in [0.4, 0.5) is 0 Å². The molecular weight excluding hydrogens is 290 g/mol. The van der Waals surface area contributed by atoms with E-state index >= 15 is 0 Å². The molecule has 0 radical (unpaired) electrons. The summed E-state index contributed by atoms with van der Waals surface area (Å²) in [5.41, 5.74) is 4.01. The van der Waals surface area contributed by atoms with E-state index in [0.717, 1.165) is 22.0 Å². The Balaban J connectivity index is 2.20. The highest BCUT2D eigenvalue weighted by Crippen LogP contribution is 2.40. The molecule has 1 heterocycles. The van der Waals surface area contributed by atoms with Crippen LogP contribution >= 0.6 is 15.9 Å². The maximum atomic E-state index is 5.78. The minimum Gasteiger partial charge on any atom is -0.271 e. The highest BCUT2D eigenvalue weighted by molar-refractivity contribution is 9.10. The Morgan fingerprint density at radius 2 is 2.00 bits per heavy atom. The number of aromatic nitrogens is 1. The highest BCUT2D eigenvalue weighted by atomic mass is 79.9. The van der Waals surface area contributed by atoms with Gasteiger partial charge in [-0.15, -0.1) is 0 Å². The fraction of sp³-hybridized carbons (Fsp3) is 0.643. The van der Waals surface area contributed by atoms with Crippen molar-refractivity contribution in [3.05, 3.63) is 28.5 Å². The zero-order chi connectivity index (χ0) is 13.1. The lowest BCUT2D eigenvalue weighted by Crippen LogP contribution is -2.37. The fourth-order valence-electron chi connectivity index (χ4n) is 3.35. The number of hydrogen-bond donors (Lipinski definition) is 2. The molecule has 4 heteroatoms. The van der Waals surface area contributed by atoms with Crippen molar-refractivity contribution in [2.45, 2.75) is 39.2 Å². The first kappa shape index (κ1) is 14.0. The third-order valence-corrected chi connectivity index (χ3v) is 4.62. The Morgan fingerprint density at radius 3 is 2.56 bits per heavy atom. The van der Waals surface area contributed by atoms with E-state index < -0.39 is 0 Å². The topological polar surface area (TPSA) is 50.9 Å². The molecule has 0 aliphatic heterocycles. The van der Waals surface area contributed by atoms with Crippen molar-refractivity contribution < 1.29 is 0 Å². The number of halogens is 1. The van der Waals surface area contributed by atoms with Gasteiger partial charge < -0.3 is 0 Å². The zero-order valence-electron chi connectivity index (χ0n) is 11.1. The second-order valence-corrected chi connectivity index (χ2v) is 6.55. The molecule has 1 fully saturated rings. The molecule has 0 amide bonds. The second kappa shape index (κ2) is 6.13.